The molecule has 3 aromatic carbocycles. The number of methoxy groups -OCH3 is 1. The van der Waals surface area contributed by atoms with E-state index in [1.807, 2.05) is 95.3 Å². The van der Waals surface area contributed by atoms with Crippen molar-refractivity contribution < 1.29 is 35.2 Å². The Bertz CT molecular complexity index is 1990. The maximum Gasteiger partial charge on any atom is 0.273 e. The first-order chi connectivity index (χ1) is 20.7. The van der Waals surface area contributed by atoms with E-state index >= 15 is 0 Å². The van der Waals surface area contributed by atoms with Crippen LogP contribution in [0, 0.1) is 0 Å². The van der Waals surface area contributed by atoms with Crippen molar-refractivity contribution >= 4 is 65.3 Å². The lowest BCUT2D eigenvalue weighted by Gasteiger charge is -2.23. The highest BCUT2D eigenvalue weighted by atomic mass is 32.2. The second-order valence-electron chi connectivity index (χ2n) is 10.7. The molecule has 1 aromatic heterocycles. The molecular weight excluding hydrogens is 641 g/mol. The maximum atomic E-state index is 12.0. The minimum absolute atomic E-state index is 0.0299. The summed E-state index contributed by atoms with van der Waals surface area (Å²) in [6.07, 6.45) is 3.88. The van der Waals surface area contributed by atoms with Crippen LogP contribution in [0.15, 0.2) is 88.3 Å². The highest BCUT2D eigenvalue weighted by Crippen LogP contribution is 2.48. The Morgan fingerprint density at radius 1 is 0.955 bits per heavy atom. The third kappa shape index (κ3) is 7.03. The minimum Gasteiger partial charge on any atom is -0.497 e. The number of fused-ring (bicyclic) bond motifs is 2. The fourth-order valence-electron chi connectivity index (χ4n) is 4.84. The molecule has 5 rings (SSSR count). The molecule has 0 fully saturated rings. The van der Waals surface area contributed by atoms with Crippen molar-refractivity contribution in [3.63, 3.8) is 0 Å². The lowest BCUT2D eigenvalue weighted by atomic mass is 10.0. The topological polar surface area (TPSA) is 125 Å². The number of aromatic nitrogens is 1. The summed E-state index contributed by atoms with van der Waals surface area (Å²) in [6.45, 7) is 4.92. The third-order valence-electron chi connectivity index (χ3n) is 7.37. The number of thiazole rings is 1. The molecule has 2 N–H and O–H groups in total. The summed E-state index contributed by atoms with van der Waals surface area (Å²) in [5.41, 5.74) is 4.47. The smallest absolute Gasteiger partial charge is 0.273 e. The van der Waals surface area contributed by atoms with Gasteiger partial charge in [-0.3, -0.25) is 9.11 Å². The van der Waals surface area contributed by atoms with Crippen molar-refractivity contribution in [1.29, 1.82) is 0 Å². The molecule has 0 saturated carbocycles. The van der Waals surface area contributed by atoms with Crippen molar-refractivity contribution in [3.8, 4) is 16.9 Å². The van der Waals surface area contributed by atoms with Gasteiger partial charge in [0, 0.05) is 17.5 Å². The van der Waals surface area contributed by atoms with Crippen LogP contribution in [0.3, 0.4) is 0 Å². The van der Waals surface area contributed by atoms with Gasteiger partial charge in [-0.1, -0.05) is 59.5 Å². The summed E-state index contributed by atoms with van der Waals surface area (Å²) in [4.78, 5) is 2.86. The third-order valence-corrected chi connectivity index (χ3v) is 11.9. The van der Waals surface area contributed by atoms with Gasteiger partial charge >= 0.3 is 0 Å². The lowest BCUT2D eigenvalue weighted by Crippen LogP contribution is -2.42. The van der Waals surface area contributed by atoms with Crippen LogP contribution in [0.5, 0.6) is 5.75 Å². The average Bonchev–Trinajstić information content (AvgIpc) is 3.48. The maximum absolute atomic E-state index is 12.0. The number of rotatable bonds is 10. The molecule has 44 heavy (non-hydrogen) atoms. The summed E-state index contributed by atoms with van der Waals surface area (Å²) in [6, 6.07) is 21.5. The first-order valence-corrected chi connectivity index (χ1v) is 18.4. The monoisotopic (exact) mass is 673 g/mol. The zero-order valence-corrected chi connectivity index (χ0v) is 27.8. The second kappa shape index (κ2) is 12.7. The number of nitrogens with zero attached hydrogens (tertiary/aromatic N) is 2. The molecule has 0 bridgehead atoms. The van der Waals surface area contributed by atoms with E-state index in [0.717, 1.165) is 47.5 Å². The Morgan fingerprint density at radius 2 is 1.66 bits per heavy atom. The summed E-state index contributed by atoms with van der Waals surface area (Å²) >= 11 is 2.98. The van der Waals surface area contributed by atoms with E-state index in [0.29, 0.717) is 5.75 Å². The van der Waals surface area contributed by atoms with Crippen LogP contribution in [0.1, 0.15) is 25.8 Å². The van der Waals surface area contributed by atoms with Gasteiger partial charge < -0.3 is 9.64 Å². The predicted molar refractivity (Wildman–Crippen MR) is 177 cm³/mol. The van der Waals surface area contributed by atoms with E-state index in [9.17, 15) is 25.9 Å². The normalized spacial score (nSPS) is 16.4. The van der Waals surface area contributed by atoms with Crippen LogP contribution in [-0.2, 0) is 26.8 Å². The van der Waals surface area contributed by atoms with Crippen LogP contribution in [-0.4, -0.2) is 50.1 Å². The zero-order valence-electron chi connectivity index (χ0n) is 24.5. The average molecular weight is 674 g/mol. The molecule has 0 aliphatic carbocycles. The van der Waals surface area contributed by atoms with Gasteiger partial charge in [0.25, 0.3) is 25.2 Å². The summed E-state index contributed by atoms with van der Waals surface area (Å²) < 4.78 is 75.6. The number of benzene rings is 3. The van der Waals surface area contributed by atoms with Crippen molar-refractivity contribution in [1.82, 2.24) is 0 Å². The summed E-state index contributed by atoms with van der Waals surface area (Å²) in [7, 11) is -6.99. The molecule has 13 heteroatoms. The SMILES string of the molecule is COc1ccc2sc(/C=C(C)/C=C3\Sc4ccc(-c5ccccc5)cc4N3CC(C)S(=O)(=O)O)[n+](CC(C)S(=O)(=O)O)c2c1. The number of thioether (sulfide) groups is 1. The Hall–Kier alpha value is -3.20. The Morgan fingerprint density at radius 3 is 2.32 bits per heavy atom. The highest BCUT2D eigenvalue weighted by molar-refractivity contribution is 8.03. The van der Waals surface area contributed by atoms with Gasteiger partial charge in [0.15, 0.2) is 6.54 Å². The molecule has 4 aromatic rings. The molecule has 2 unspecified atom stereocenters. The van der Waals surface area contributed by atoms with E-state index < -0.39 is 30.7 Å². The van der Waals surface area contributed by atoms with Gasteiger partial charge in [0.2, 0.25) is 5.52 Å². The van der Waals surface area contributed by atoms with Gasteiger partial charge in [-0.15, -0.1) is 0 Å². The van der Waals surface area contributed by atoms with Crippen molar-refractivity contribution in [2.75, 3.05) is 18.6 Å². The molecule has 2 heterocycles. The van der Waals surface area contributed by atoms with Gasteiger partial charge in [-0.05, 0) is 67.8 Å². The molecule has 232 valence electrons. The fourth-order valence-corrected chi connectivity index (χ4v) is 7.85. The van der Waals surface area contributed by atoms with Crippen molar-refractivity contribution in [3.05, 3.63) is 88.4 Å². The number of hydrogen-bond donors (Lipinski definition) is 2. The van der Waals surface area contributed by atoms with Gasteiger partial charge in [0.05, 0.1) is 23.9 Å². The van der Waals surface area contributed by atoms with E-state index in [1.165, 1.54) is 36.9 Å². The molecule has 9 nitrogen and oxygen atoms in total. The van der Waals surface area contributed by atoms with Gasteiger partial charge in [0.1, 0.15) is 20.9 Å². The zero-order chi connectivity index (χ0) is 31.8. The standard InChI is InChI=1S/C31H32N2O7S4/c1-20(15-31-33(19-22(3)44(37,38)39)27-17-25(40-4)11-13-29(27)42-31)14-30-32(18-21(2)43(34,35)36)26-16-24(10-12-28(26)41-30)23-8-6-5-7-9-23/h5-17,21-22H,18-19H2,1-4H3,(H-,34,35,36,37,38,39)/p+1. The summed E-state index contributed by atoms with van der Waals surface area (Å²) in [5.74, 6) is 0.622. The Kier molecular flexibility index (Phi) is 9.26. The van der Waals surface area contributed by atoms with Crippen LogP contribution < -0.4 is 14.2 Å². The molecule has 1 aliphatic rings. The van der Waals surface area contributed by atoms with E-state index in [2.05, 4.69) is 0 Å². The van der Waals surface area contributed by atoms with Crippen LogP contribution in [0.4, 0.5) is 5.69 Å². The molecule has 0 spiro atoms. The minimum atomic E-state index is -4.28. The Balaban J connectivity index is 1.57. The molecule has 0 saturated heterocycles. The predicted octanol–water partition coefficient (Wildman–Crippen LogP) is 6.27. The number of hydrogen-bond acceptors (Lipinski definition) is 8. The van der Waals surface area contributed by atoms with Crippen LogP contribution >= 0.6 is 23.1 Å². The van der Waals surface area contributed by atoms with Crippen LogP contribution in [0.2, 0.25) is 0 Å². The van der Waals surface area contributed by atoms with E-state index in [4.69, 9.17) is 4.74 Å². The second-order valence-corrected chi connectivity index (χ2v) is 16.5. The number of ether oxygens (including phenoxy) is 1. The molecule has 0 amide bonds. The first-order valence-electron chi connectivity index (χ1n) is 13.7. The molecule has 0 radical (unpaired) electrons. The molecule has 2 atom stereocenters. The number of allylic oxidation sites excluding steroid dienone is 2. The molecular formula is C31H33N2O7S4+. The molecule has 1 aliphatic heterocycles. The Labute approximate surface area is 266 Å². The van der Waals surface area contributed by atoms with Crippen molar-refractivity contribution in [2.45, 2.75) is 42.7 Å². The van der Waals surface area contributed by atoms with Gasteiger partial charge in [-0.2, -0.15) is 21.4 Å². The van der Waals surface area contributed by atoms with E-state index in [1.54, 1.807) is 7.11 Å². The lowest BCUT2D eigenvalue weighted by molar-refractivity contribution is -0.667. The fraction of sp³-hybridized carbons (Fsp3) is 0.258. The quantitative estimate of drug-likeness (QED) is 0.148. The van der Waals surface area contributed by atoms with E-state index in [-0.39, 0.29) is 13.1 Å². The summed E-state index contributed by atoms with van der Waals surface area (Å²) in [5, 5.41) is -0.528. The van der Waals surface area contributed by atoms with Crippen molar-refractivity contribution in [2.24, 2.45) is 0 Å². The first kappa shape index (κ1) is 32.2. The van der Waals surface area contributed by atoms with Gasteiger partial charge in [-0.25, -0.2) is 0 Å². The number of anilines is 1. The van der Waals surface area contributed by atoms with Crippen LogP contribution in [0.25, 0.3) is 27.4 Å². The highest BCUT2D eigenvalue weighted by Gasteiger charge is 2.31. The largest absolute Gasteiger partial charge is 0.497 e.